The van der Waals surface area contributed by atoms with Gasteiger partial charge in [0, 0.05) is 77.5 Å². The van der Waals surface area contributed by atoms with Gasteiger partial charge >= 0.3 is 0 Å². The standard InChI is InChI=1S/C39H42O5S2.C38H39ClO5S2.C38H39FO5S2/c1-5-28-12-16-29(17-13-28)33-22-36-35(24-38(33)45(41,42)31-18-8-26(3)9-19-31)37(40)23-34(30-14-6-25(2)7-15-30)39(36)46(43,44)32-20-10-27(4)11-21-32;1-4-26-12-14-27(15-13-26)32-21-35-34(23-37(32)45(41,42)30-16-8-24(2)9-17-30)36(40)22-33(28-6-5-7-29(39)20-28)38(35)46(43,44)31-18-10-25(3)11-19-31;1-4-26-13-15-27(16-14-26)31-21-33-32(23-37(31)45(41,42)28-17-9-24(2)10-18-28)36(40)22-34(30-7-5-6-8-35(30)39)38(33)46(43,44)29-19-11-25(3)12-20-29/h6-21,33-36,38-39H,5,22-24H2,1-4H3;5-20,32-35,37-38H,4,21-23H2,1-3H3;5-20,31-34,37-38H,4,21-23H2,1-3H3/t33-,34-,35+,36-,38?,39?;32-,33-,34+,35-,37?,38?;31-,32+,33-,34-,37?,38?/m000/s1. The number of benzene rings is 12. The molecule has 0 saturated heterocycles. The maximum atomic E-state index is 15.4. The quantitative estimate of drug-likeness (QED) is 0.0648. The molecule has 23 heteroatoms. The van der Waals surface area contributed by atoms with Gasteiger partial charge in [-0.1, -0.05) is 272 Å². The number of sulfone groups is 6. The Morgan fingerprint density at radius 3 is 0.768 bits per heavy atom. The van der Waals surface area contributed by atoms with Gasteiger partial charge in [-0.2, -0.15) is 0 Å². The average molecular weight is 1990 g/mol. The molecule has 6 aliphatic rings. The van der Waals surface area contributed by atoms with Gasteiger partial charge < -0.3 is 0 Å². The van der Waals surface area contributed by atoms with E-state index in [9.17, 15) is 64.9 Å². The van der Waals surface area contributed by atoms with Crippen LogP contribution in [0.25, 0.3) is 0 Å². The maximum absolute atomic E-state index is 15.4. The van der Waals surface area contributed by atoms with Gasteiger partial charge in [-0.15, -0.1) is 0 Å². The van der Waals surface area contributed by atoms with Gasteiger partial charge in [-0.05, 0) is 265 Å². The van der Waals surface area contributed by atoms with Gasteiger partial charge in [-0.25, -0.2) is 54.9 Å². The van der Waals surface area contributed by atoms with Crippen molar-refractivity contribution in [2.75, 3.05) is 0 Å². The smallest absolute Gasteiger partial charge is 0.182 e. The monoisotopic (exact) mass is 1990 g/mol. The largest absolute Gasteiger partial charge is 0.299 e. The van der Waals surface area contributed by atoms with E-state index in [0.29, 0.717) is 10.6 Å². The Labute approximate surface area is 819 Å². The second kappa shape index (κ2) is 41.0. The first-order chi connectivity index (χ1) is 65.7. The van der Waals surface area contributed by atoms with Crippen LogP contribution < -0.4 is 0 Å². The summed E-state index contributed by atoms with van der Waals surface area (Å²) in [6, 6.07) is 85.7. The Bertz CT molecular complexity index is 7210. The zero-order chi connectivity index (χ0) is 98.4. The number of fused-ring (bicyclic) bond motifs is 3. The predicted octanol–water partition coefficient (Wildman–Crippen LogP) is 23.4. The molecule has 12 aromatic rings. The Hall–Kier alpha value is -10.4. The summed E-state index contributed by atoms with van der Waals surface area (Å²) in [6.07, 6.45) is 3.28. The van der Waals surface area contributed by atoms with Crippen LogP contribution in [-0.2, 0) is 92.7 Å². The first kappa shape index (κ1) is 101. The fraction of sp³-hybridized carbons (Fsp3) is 0.348. The van der Waals surface area contributed by atoms with Crippen molar-refractivity contribution in [2.45, 2.75) is 243 Å². The fourth-order valence-corrected chi connectivity index (χ4v) is 36.3. The number of ketones is 3. The molecule has 6 aliphatic carbocycles. The van der Waals surface area contributed by atoms with Gasteiger partial charge in [-0.3, -0.25) is 14.4 Å². The summed E-state index contributed by atoms with van der Waals surface area (Å²) in [5.41, 5.74) is 14.3. The van der Waals surface area contributed by atoms with Gasteiger partial charge in [0.2, 0.25) is 0 Å². The molecule has 0 aliphatic heterocycles. The topological polar surface area (TPSA) is 256 Å². The van der Waals surface area contributed by atoms with E-state index in [4.69, 9.17) is 11.6 Å². The second-order valence-corrected chi connectivity index (χ2v) is 52.6. The average Bonchev–Trinajstić information content (AvgIpc) is 0.727. The van der Waals surface area contributed by atoms with Crippen molar-refractivity contribution >= 4 is 88.0 Å². The minimum Gasteiger partial charge on any atom is -0.299 e. The van der Waals surface area contributed by atoms with Crippen molar-refractivity contribution < 1.29 is 69.3 Å². The molecule has 18 rings (SSSR count). The molecule has 0 bridgehead atoms. The second-order valence-electron chi connectivity index (χ2n) is 39.3. The highest BCUT2D eigenvalue weighted by molar-refractivity contribution is 7.93. The molecular formula is C115H120ClFO15S6. The Kier molecular flexibility index (Phi) is 29.9. The van der Waals surface area contributed by atoms with E-state index in [-0.39, 0.29) is 110 Å². The number of aryl methyl sites for hydroxylation is 10. The maximum Gasteiger partial charge on any atom is 0.182 e. The molecular weight excluding hydrogens is 1870 g/mol. The van der Waals surface area contributed by atoms with E-state index in [1.54, 1.807) is 170 Å². The molecule has 0 radical (unpaired) electrons. The Morgan fingerprint density at radius 1 is 0.254 bits per heavy atom. The molecule has 18 atom stereocenters. The number of rotatable bonds is 21. The van der Waals surface area contributed by atoms with Crippen LogP contribution in [0.2, 0.25) is 5.02 Å². The molecule has 15 nitrogen and oxygen atoms in total. The van der Waals surface area contributed by atoms with E-state index in [1.165, 1.54) is 6.07 Å². The van der Waals surface area contributed by atoms with E-state index in [1.807, 2.05) is 171 Å². The SMILES string of the molecule is CCc1ccc([C@@H]2C[C@@H]3C(S(=O)(=O)c4ccc(C)cc4)[C@H](c4ccc(C)cc4)CC(=O)[C@@H]3CC2S(=O)(=O)c2ccc(C)cc2)cc1.CCc1ccc([C@@H]2C[C@@H]3C(S(=O)(=O)c4ccc(C)cc4)[C@H](c4cccc(Cl)c4)CC(=O)[C@@H]3CC2S(=O)(=O)c2ccc(C)cc2)cc1.CCc1ccc([C@@H]2C[C@@H]3C(S(=O)(=O)c4ccc(C)cc4)[C@H](c4ccccc4F)CC(=O)[C@@H]3CC2S(=O)(=O)c2ccc(C)cc2)cc1. The molecule has 0 heterocycles. The number of hydrogen-bond acceptors (Lipinski definition) is 15. The third-order valence-electron chi connectivity index (χ3n) is 30.8. The lowest BCUT2D eigenvalue weighted by Crippen LogP contribution is -2.53. The van der Waals surface area contributed by atoms with E-state index >= 15 is 4.39 Å². The zero-order valence-electron chi connectivity index (χ0n) is 79.4. The van der Waals surface area contributed by atoms with Gasteiger partial charge in [0.05, 0.1) is 60.9 Å². The minimum atomic E-state index is -4.08. The van der Waals surface area contributed by atoms with Crippen LogP contribution in [0.3, 0.4) is 0 Å². The molecule has 138 heavy (non-hydrogen) atoms. The van der Waals surface area contributed by atoms with E-state index in [0.717, 1.165) is 97.2 Å². The molecule has 6 unspecified atom stereocenters. The van der Waals surface area contributed by atoms with Gasteiger partial charge in [0.25, 0.3) is 0 Å². The van der Waals surface area contributed by atoms with Crippen molar-refractivity contribution in [2.24, 2.45) is 35.5 Å². The summed E-state index contributed by atoms with van der Waals surface area (Å²) in [5, 5.41) is -5.11. The van der Waals surface area contributed by atoms with Crippen LogP contribution in [-0.4, -0.2) is 99.4 Å². The van der Waals surface area contributed by atoms with Crippen LogP contribution in [0.15, 0.2) is 321 Å². The molecule has 720 valence electrons. The Morgan fingerprint density at radius 2 is 0.493 bits per heavy atom. The van der Waals surface area contributed by atoms with Crippen LogP contribution in [0.4, 0.5) is 4.39 Å². The predicted molar refractivity (Wildman–Crippen MR) is 543 cm³/mol. The van der Waals surface area contributed by atoms with E-state index in [2.05, 4.69) is 13.8 Å². The first-order valence-corrected chi connectivity index (χ1v) is 57.6. The number of halogens is 2. The number of hydrogen-bond donors (Lipinski definition) is 0. The minimum absolute atomic E-state index is 0.00379. The van der Waals surface area contributed by atoms with Crippen molar-refractivity contribution in [3.8, 4) is 0 Å². The molecule has 6 fully saturated rings. The van der Waals surface area contributed by atoms with E-state index < -0.39 is 167 Å². The van der Waals surface area contributed by atoms with Crippen LogP contribution >= 0.6 is 11.6 Å². The molecule has 0 spiro atoms. The summed E-state index contributed by atoms with van der Waals surface area (Å²) in [4.78, 5) is 43.5. The summed E-state index contributed by atoms with van der Waals surface area (Å²) >= 11 is 6.40. The van der Waals surface area contributed by atoms with Crippen LogP contribution in [0.5, 0.6) is 0 Å². The van der Waals surface area contributed by atoms with Crippen molar-refractivity contribution in [1.82, 2.24) is 0 Å². The molecule has 0 amide bonds. The van der Waals surface area contributed by atoms with Crippen molar-refractivity contribution in [3.63, 3.8) is 0 Å². The highest BCUT2D eigenvalue weighted by atomic mass is 35.5. The van der Waals surface area contributed by atoms with Crippen LogP contribution in [0.1, 0.15) is 203 Å². The highest BCUT2D eigenvalue weighted by Crippen LogP contribution is 2.59. The highest BCUT2D eigenvalue weighted by Gasteiger charge is 2.61. The molecule has 0 aromatic heterocycles. The van der Waals surface area contributed by atoms with Crippen LogP contribution in [0, 0.1) is 89.8 Å². The third kappa shape index (κ3) is 20.5. The lowest BCUT2D eigenvalue weighted by Gasteiger charge is -2.48. The molecule has 6 saturated carbocycles. The normalized spacial score (nSPS) is 25.2. The summed E-state index contributed by atoms with van der Waals surface area (Å²) < 4.78 is 190. The number of Topliss-reactive ketones (excluding diaryl/α,β-unsaturated/α-hetero) is 3. The molecule has 0 N–H and O–H groups in total. The first-order valence-electron chi connectivity index (χ1n) is 48.0. The summed E-state index contributed by atoms with van der Waals surface area (Å²) in [7, 11) is -23.6. The van der Waals surface area contributed by atoms with Crippen molar-refractivity contribution in [1.29, 1.82) is 0 Å². The fourth-order valence-electron chi connectivity index (χ4n) is 23.2. The lowest BCUT2D eigenvalue weighted by molar-refractivity contribution is -0.129. The third-order valence-corrected chi connectivity index (χ3v) is 44.7. The zero-order valence-corrected chi connectivity index (χ0v) is 85.1. The lowest BCUT2D eigenvalue weighted by atomic mass is 9.61. The van der Waals surface area contributed by atoms with Gasteiger partial charge in [0.15, 0.2) is 59.0 Å². The number of carbonyl (C=O) groups excluding carboxylic acids is 3. The number of carbonyl (C=O) groups is 3. The summed E-state index contributed by atoms with van der Waals surface area (Å²) in [5.74, 6) is -8.53. The Balaban J connectivity index is 0.000000150. The summed E-state index contributed by atoms with van der Waals surface area (Å²) in [6.45, 7) is 19.6. The van der Waals surface area contributed by atoms with Crippen molar-refractivity contribution in [3.05, 3.63) is 391 Å². The van der Waals surface area contributed by atoms with Gasteiger partial charge in [0.1, 0.15) is 23.2 Å². The molecule has 12 aromatic carbocycles.